The minimum atomic E-state index is -1.07. The predicted octanol–water partition coefficient (Wildman–Crippen LogP) is 8.66. The second-order valence-corrected chi connectivity index (χ2v) is 11.5. The summed E-state index contributed by atoms with van der Waals surface area (Å²) >= 11 is 0. The first-order valence-electron chi connectivity index (χ1n) is 10.1. The van der Waals surface area contributed by atoms with Crippen molar-refractivity contribution in [3.05, 3.63) is 45.5 Å². The van der Waals surface area contributed by atoms with E-state index < -0.39 is 8.01 Å². The molecule has 0 amide bonds. The van der Waals surface area contributed by atoms with Gasteiger partial charge in [-0.05, 0) is 60.8 Å². The van der Waals surface area contributed by atoms with E-state index in [1.54, 1.807) is 0 Å². The Labute approximate surface area is 170 Å². The van der Waals surface area contributed by atoms with Gasteiger partial charge in [-0.2, -0.15) is 0 Å². The van der Waals surface area contributed by atoms with Crippen LogP contribution < -0.4 is 0 Å². The van der Waals surface area contributed by atoms with Crippen molar-refractivity contribution in [3.8, 4) is 0 Å². The molecule has 1 heterocycles. The molecular weight excluding hydrogens is 363 g/mol. The third kappa shape index (κ3) is 3.41. The lowest BCUT2D eigenvalue weighted by atomic mass is 9.79. The van der Waals surface area contributed by atoms with Crippen LogP contribution in [0.25, 0.3) is 21.9 Å². The molecule has 0 saturated carbocycles. The highest BCUT2D eigenvalue weighted by Crippen LogP contribution is 2.45. The first-order valence-corrected chi connectivity index (χ1v) is 11.8. The average molecular weight is 399 g/mol. The Kier molecular flexibility index (Phi) is 5.04. The summed E-state index contributed by atoms with van der Waals surface area (Å²) in [5.41, 5.74) is 9.68. The van der Waals surface area contributed by atoms with Crippen molar-refractivity contribution in [1.29, 1.82) is 0 Å². The topological polar surface area (TPSA) is 26.3 Å². The molecule has 0 atom stereocenters. The summed E-state index contributed by atoms with van der Waals surface area (Å²) in [4.78, 5) is 0. The zero-order valence-electron chi connectivity index (χ0n) is 19.4. The molecule has 0 bridgehead atoms. The van der Waals surface area contributed by atoms with Crippen molar-refractivity contribution in [3.63, 3.8) is 0 Å². The Morgan fingerprint density at radius 2 is 0.929 bits per heavy atom. The molecule has 0 aliphatic heterocycles. The van der Waals surface area contributed by atoms with Gasteiger partial charge in [0.25, 0.3) is 0 Å². The maximum atomic E-state index is 6.56. The molecule has 0 aliphatic carbocycles. The minimum absolute atomic E-state index is 0.00595. The Bertz CT molecular complexity index is 1030. The zero-order valence-corrected chi connectivity index (χ0v) is 20.3. The third-order valence-corrected chi connectivity index (χ3v) is 6.42. The number of rotatable bonds is 0. The van der Waals surface area contributed by atoms with E-state index in [9.17, 15) is 0 Å². The SMILES string of the molecule is Cc1cc(C)c2c(op(C)oc3c(C(C)(C)C)c(C)cc(C)c32)c1C(C)(C)C. The summed E-state index contributed by atoms with van der Waals surface area (Å²) in [6.45, 7) is 24.5. The Morgan fingerprint density at radius 1 is 0.607 bits per heavy atom. The number of hydrogen-bond acceptors (Lipinski definition) is 2. The standard InChI is InChI=1S/C25H35O2P/c1-14-12-16(3)20(24(5,6)7)22-18(14)19-15(2)13-17(4)21(25(8,9)10)23(19)27-28(11)26-22/h12-13H,1-11H3. The van der Waals surface area contributed by atoms with E-state index in [2.05, 4.69) is 88.0 Å². The fourth-order valence-electron chi connectivity index (χ4n) is 4.85. The van der Waals surface area contributed by atoms with Gasteiger partial charge in [-0.3, -0.25) is 0 Å². The highest BCUT2D eigenvalue weighted by atomic mass is 31.1. The molecule has 0 unspecified atom stereocenters. The fourth-order valence-corrected chi connectivity index (χ4v) is 5.77. The van der Waals surface area contributed by atoms with Crippen LogP contribution in [0, 0.1) is 27.7 Å². The van der Waals surface area contributed by atoms with Crippen molar-refractivity contribution in [2.75, 3.05) is 0 Å². The molecule has 28 heavy (non-hydrogen) atoms. The van der Waals surface area contributed by atoms with Crippen LogP contribution in [0.5, 0.6) is 0 Å². The van der Waals surface area contributed by atoms with Gasteiger partial charge >= 0.3 is 0 Å². The summed E-state index contributed by atoms with van der Waals surface area (Å²) in [6, 6.07) is 4.62. The van der Waals surface area contributed by atoms with E-state index in [1.165, 1.54) is 44.2 Å². The van der Waals surface area contributed by atoms with Crippen molar-refractivity contribution in [1.82, 2.24) is 0 Å². The first kappa shape index (κ1) is 21.1. The largest absolute Gasteiger partial charge is 0.419 e. The van der Waals surface area contributed by atoms with E-state index in [4.69, 9.17) is 8.39 Å². The van der Waals surface area contributed by atoms with Crippen LogP contribution in [0.2, 0.25) is 0 Å². The Hall–Kier alpha value is -1.66. The molecule has 3 heteroatoms. The summed E-state index contributed by atoms with van der Waals surface area (Å²) in [7, 11) is -1.07. The van der Waals surface area contributed by atoms with Crippen molar-refractivity contribution in [2.24, 2.45) is 6.66 Å². The van der Waals surface area contributed by atoms with Crippen molar-refractivity contribution < 1.29 is 8.39 Å². The molecule has 0 aliphatic rings. The van der Waals surface area contributed by atoms with E-state index in [1.807, 2.05) is 0 Å². The van der Waals surface area contributed by atoms with Crippen LogP contribution in [0.15, 0.2) is 20.5 Å². The molecule has 3 rings (SSSR count). The Balaban J connectivity index is 2.79. The van der Waals surface area contributed by atoms with Crippen molar-refractivity contribution in [2.45, 2.75) is 80.1 Å². The van der Waals surface area contributed by atoms with Gasteiger partial charge in [-0.25, -0.2) is 0 Å². The van der Waals surface area contributed by atoms with Crippen LogP contribution in [0.4, 0.5) is 0 Å². The molecule has 0 radical (unpaired) electrons. The second kappa shape index (κ2) is 6.70. The van der Waals surface area contributed by atoms with E-state index >= 15 is 0 Å². The molecule has 0 saturated heterocycles. The zero-order chi connectivity index (χ0) is 21.2. The smallest absolute Gasteiger partial charge is 0.213 e. The van der Waals surface area contributed by atoms with E-state index in [-0.39, 0.29) is 10.8 Å². The number of benzene rings is 2. The highest BCUT2D eigenvalue weighted by Gasteiger charge is 2.27. The Morgan fingerprint density at radius 3 is 1.21 bits per heavy atom. The second-order valence-electron chi connectivity index (χ2n) is 10.3. The lowest BCUT2D eigenvalue weighted by molar-refractivity contribution is 0.564. The summed E-state index contributed by atoms with van der Waals surface area (Å²) in [5, 5.41) is 2.42. The van der Waals surface area contributed by atoms with Crippen LogP contribution in [-0.2, 0) is 17.5 Å². The monoisotopic (exact) mass is 398 g/mol. The summed E-state index contributed by atoms with van der Waals surface area (Å²) < 4.78 is 13.1. The predicted molar refractivity (Wildman–Crippen MR) is 124 cm³/mol. The molecule has 152 valence electrons. The first-order chi connectivity index (χ1) is 12.7. The molecule has 1 aromatic heterocycles. The van der Waals surface area contributed by atoms with E-state index in [0.29, 0.717) is 0 Å². The molecule has 0 spiro atoms. The van der Waals surface area contributed by atoms with Crippen LogP contribution in [-0.4, -0.2) is 0 Å². The molecule has 0 fully saturated rings. The quantitative estimate of drug-likeness (QED) is 0.379. The van der Waals surface area contributed by atoms with Gasteiger partial charge in [-0.1, -0.05) is 53.7 Å². The van der Waals surface area contributed by atoms with Crippen LogP contribution in [0.1, 0.15) is 74.9 Å². The number of fused-ring (bicyclic) bond motifs is 3. The molecule has 2 nitrogen and oxygen atoms in total. The van der Waals surface area contributed by atoms with E-state index in [0.717, 1.165) is 11.2 Å². The lowest BCUT2D eigenvalue weighted by Crippen LogP contribution is -2.15. The van der Waals surface area contributed by atoms with Gasteiger partial charge in [0.1, 0.15) is 11.2 Å². The summed E-state index contributed by atoms with van der Waals surface area (Å²) in [6.07, 6.45) is 0. The van der Waals surface area contributed by atoms with Crippen LogP contribution >= 0.6 is 8.01 Å². The van der Waals surface area contributed by atoms with Crippen LogP contribution in [0.3, 0.4) is 0 Å². The highest BCUT2D eigenvalue weighted by molar-refractivity contribution is 7.35. The third-order valence-electron chi connectivity index (χ3n) is 5.54. The number of hydrogen-bond donors (Lipinski definition) is 0. The number of aryl methyl sites for hydroxylation is 5. The molecule has 3 aromatic rings. The molecule has 0 N–H and O–H groups in total. The lowest BCUT2D eigenvalue weighted by Gasteiger charge is -2.24. The average Bonchev–Trinajstić information content (AvgIpc) is 2.60. The van der Waals surface area contributed by atoms with Gasteiger partial charge in [0.15, 0.2) is 0 Å². The van der Waals surface area contributed by atoms with Gasteiger partial charge in [0, 0.05) is 28.6 Å². The maximum Gasteiger partial charge on any atom is 0.213 e. The fraction of sp³-hybridized carbons (Fsp3) is 0.520. The normalized spacial score (nSPS) is 12.8. The van der Waals surface area contributed by atoms with Crippen molar-refractivity contribution >= 4 is 30.0 Å². The maximum absolute atomic E-state index is 6.56. The summed E-state index contributed by atoms with van der Waals surface area (Å²) in [5.74, 6) is 0. The molecule has 2 aromatic carbocycles. The van der Waals surface area contributed by atoms with Gasteiger partial charge in [0.2, 0.25) is 8.01 Å². The van der Waals surface area contributed by atoms with Gasteiger partial charge < -0.3 is 8.39 Å². The van der Waals surface area contributed by atoms with Gasteiger partial charge in [-0.15, -0.1) is 0 Å². The minimum Gasteiger partial charge on any atom is -0.419 e. The van der Waals surface area contributed by atoms with Gasteiger partial charge in [0.05, 0.1) is 0 Å². The molecular formula is C25H35O2P.